The van der Waals surface area contributed by atoms with Crippen molar-refractivity contribution in [2.75, 3.05) is 49.9 Å². The molecule has 0 saturated carbocycles. The van der Waals surface area contributed by atoms with Crippen LogP contribution in [0.15, 0.2) is 54.6 Å². The molecule has 1 saturated heterocycles. The maximum Gasteiger partial charge on any atom is 0.262 e. The summed E-state index contributed by atoms with van der Waals surface area (Å²) in [6.45, 7) is 3.13. The summed E-state index contributed by atoms with van der Waals surface area (Å²) in [5.41, 5.74) is 2.36. The van der Waals surface area contributed by atoms with E-state index in [0.29, 0.717) is 36.1 Å². The smallest absolute Gasteiger partial charge is 0.262 e. The number of ether oxygens (including phenoxy) is 4. The van der Waals surface area contributed by atoms with Gasteiger partial charge in [-0.05, 0) is 36.4 Å². The Morgan fingerprint density at radius 2 is 1.78 bits per heavy atom. The molecular weight excluding hydrogens is 412 g/mol. The Balaban J connectivity index is 1.15. The second-order valence-electron chi connectivity index (χ2n) is 7.31. The number of hydrogen-bond donors (Lipinski definition) is 1. The molecule has 32 heavy (non-hydrogen) atoms. The van der Waals surface area contributed by atoms with E-state index in [9.17, 15) is 4.79 Å². The van der Waals surface area contributed by atoms with Crippen LogP contribution in [0.25, 0.3) is 11.3 Å². The van der Waals surface area contributed by atoms with Gasteiger partial charge in [-0.2, -0.15) is 0 Å². The predicted molar refractivity (Wildman–Crippen MR) is 117 cm³/mol. The van der Waals surface area contributed by atoms with Crippen molar-refractivity contribution in [2.24, 2.45) is 0 Å². The van der Waals surface area contributed by atoms with Crippen LogP contribution in [0.5, 0.6) is 17.2 Å². The van der Waals surface area contributed by atoms with Gasteiger partial charge in [-0.3, -0.25) is 4.79 Å². The lowest BCUT2D eigenvalue weighted by Gasteiger charge is -2.27. The van der Waals surface area contributed by atoms with E-state index in [1.54, 1.807) is 18.2 Å². The molecule has 5 rings (SSSR count). The van der Waals surface area contributed by atoms with Gasteiger partial charge in [0.1, 0.15) is 5.75 Å². The van der Waals surface area contributed by atoms with Crippen LogP contribution < -0.4 is 24.4 Å². The lowest BCUT2D eigenvalue weighted by molar-refractivity contribution is -0.118. The highest BCUT2D eigenvalue weighted by Gasteiger charge is 2.15. The molecule has 1 N–H and O–H groups in total. The summed E-state index contributed by atoms with van der Waals surface area (Å²) >= 11 is 0. The molecule has 9 heteroatoms. The van der Waals surface area contributed by atoms with E-state index in [2.05, 4.69) is 20.4 Å². The van der Waals surface area contributed by atoms with Gasteiger partial charge < -0.3 is 29.2 Å². The fraction of sp³-hybridized carbons (Fsp3) is 0.261. The van der Waals surface area contributed by atoms with E-state index < -0.39 is 0 Å². The third-order valence-electron chi connectivity index (χ3n) is 5.16. The van der Waals surface area contributed by atoms with Crippen molar-refractivity contribution in [1.29, 1.82) is 0 Å². The van der Waals surface area contributed by atoms with E-state index in [-0.39, 0.29) is 19.3 Å². The van der Waals surface area contributed by atoms with Crippen LogP contribution in [0.4, 0.5) is 11.5 Å². The van der Waals surface area contributed by atoms with E-state index in [0.717, 1.165) is 30.2 Å². The molecular formula is C23H22N4O5. The molecule has 2 aliphatic heterocycles. The van der Waals surface area contributed by atoms with Crippen LogP contribution in [0, 0.1) is 0 Å². The normalized spacial score (nSPS) is 14.8. The Morgan fingerprint density at radius 3 is 2.56 bits per heavy atom. The number of carbonyl (C=O) groups excluding carboxylic acids is 1. The minimum atomic E-state index is -0.259. The van der Waals surface area contributed by atoms with E-state index in [4.69, 9.17) is 18.9 Å². The summed E-state index contributed by atoms with van der Waals surface area (Å²) in [7, 11) is 0. The lowest BCUT2D eigenvalue weighted by atomic mass is 10.1. The van der Waals surface area contributed by atoms with Crippen molar-refractivity contribution in [2.45, 2.75) is 0 Å². The van der Waals surface area contributed by atoms with Gasteiger partial charge in [-0.25, -0.2) is 0 Å². The molecule has 0 bridgehead atoms. The maximum absolute atomic E-state index is 12.2. The number of aromatic nitrogens is 2. The molecule has 1 fully saturated rings. The van der Waals surface area contributed by atoms with Crippen LogP contribution in [-0.2, 0) is 9.53 Å². The Labute approximate surface area is 184 Å². The van der Waals surface area contributed by atoms with Crippen molar-refractivity contribution >= 4 is 17.4 Å². The molecule has 2 aliphatic rings. The number of rotatable bonds is 6. The third kappa shape index (κ3) is 4.57. The molecule has 3 aromatic rings. The van der Waals surface area contributed by atoms with Crippen molar-refractivity contribution in [3.8, 4) is 28.5 Å². The summed E-state index contributed by atoms with van der Waals surface area (Å²) in [5, 5.41) is 11.5. The highest BCUT2D eigenvalue weighted by molar-refractivity contribution is 5.92. The van der Waals surface area contributed by atoms with E-state index in [1.165, 1.54) is 0 Å². The Kier molecular flexibility index (Phi) is 5.71. The Hall–Kier alpha value is -3.85. The number of amides is 1. The van der Waals surface area contributed by atoms with Gasteiger partial charge >= 0.3 is 0 Å². The first-order valence-electron chi connectivity index (χ1n) is 10.3. The molecule has 0 unspecified atom stereocenters. The standard InChI is InChI=1S/C23H22N4O5/c28-23(14-30-18-5-7-20-21(13-18)32-15-31-20)24-17-3-1-16(2-4-17)19-6-8-22(26-25-19)27-9-11-29-12-10-27/h1-8,13H,9-12,14-15H2,(H,24,28). The van der Waals surface area contributed by atoms with Gasteiger partial charge in [-0.15, -0.1) is 10.2 Å². The Bertz CT molecular complexity index is 1080. The predicted octanol–water partition coefficient (Wildman–Crippen LogP) is 2.73. The van der Waals surface area contributed by atoms with Crippen molar-refractivity contribution < 1.29 is 23.7 Å². The number of benzene rings is 2. The quantitative estimate of drug-likeness (QED) is 0.633. The number of anilines is 2. The topological polar surface area (TPSA) is 95.0 Å². The van der Waals surface area contributed by atoms with Crippen molar-refractivity contribution in [1.82, 2.24) is 10.2 Å². The molecule has 0 spiro atoms. The van der Waals surface area contributed by atoms with Crippen molar-refractivity contribution in [3.05, 3.63) is 54.6 Å². The van der Waals surface area contributed by atoms with E-state index in [1.807, 2.05) is 36.4 Å². The van der Waals surface area contributed by atoms with Gasteiger partial charge in [-0.1, -0.05) is 12.1 Å². The highest BCUT2D eigenvalue weighted by atomic mass is 16.7. The molecule has 164 valence electrons. The maximum atomic E-state index is 12.2. The summed E-state index contributed by atoms with van der Waals surface area (Å²) in [5.74, 6) is 2.41. The summed E-state index contributed by atoms with van der Waals surface area (Å²) in [4.78, 5) is 14.4. The highest BCUT2D eigenvalue weighted by Crippen LogP contribution is 2.35. The second-order valence-corrected chi connectivity index (χ2v) is 7.31. The third-order valence-corrected chi connectivity index (χ3v) is 5.16. The molecule has 0 atom stereocenters. The summed E-state index contributed by atoms with van der Waals surface area (Å²) < 4.78 is 21.5. The largest absolute Gasteiger partial charge is 0.484 e. The lowest BCUT2D eigenvalue weighted by Crippen LogP contribution is -2.36. The SMILES string of the molecule is O=C(COc1ccc2c(c1)OCO2)Nc1ccc(-c2ccc(N3CCOCC3)nn2)cc1. The monoisotopic (exact) mass is 434 g/mol. The first-order valence-corrected chi connectivity index (χ1v) is 10.3. The van der Waals surface area contributed by atoms with Gasteiger partial charge in [0.05, 0.1) is 18.9 Å². The van der Waals surface area contributed by atoms with Gasteiger partial charge in [0.15, 0.2) is 23.9 Å². The summed E-state index contributed by atoms with van der Waals surface area (Å²) in [6.07, 6.45) is 0. The zero-order chi connectivity index (χ0) is 21.8. The minimum absolute atomic E-state index is 0.115. The zero-order valence-electron chi connectivity index (χ0n) is 17.3. The molecule has 1 aromatic heterocycles. The number of hydrogen-bond acceptors (Lipinski definition) is 8. The molecule has 1 amide bonds. The fourth-order valence-corrected chi connectivity index (χ4v) is 3.48. The summed E-state index contributed by atoms with van der Waals surface area (Å²) in [6, 6.07) is 16.6. The zero-order valence-corrected chi connectivity index (χ0v) is 17.3. The van der Waals surface area contributed by atoms with Gasteiger partial charge in [0.25, 0.3) is 5.91 Å². The van der Waals surface area contributed by atoms with Gasteiger partial charge in [0, 0.05) is 30.4 Å². The van der Waals surface area contributed by atoms with Crippen LogP contribution in [0.3, 0.4) is 0 Å². The van der Waals surface area contributed by atoms with Crippen LogP contribution in [0.2, 0.25) is 0 Å². The van der Waals surface area contributed by atoms with E-state index >= 15 is 0 Å². The molecule has 0 aliphatic carbocycles. The number of carbonyl (C=O) groups is 1. The first-order chi connectivity index (χ1) is 15.7. The van der Waals surface area contributed by atoms with Gasteiger partial charge in [0.2, 0.25) is 6.79 Å². The number of nitrogens with one attached hydrogen (secondary N) is 1. The molecule has 2 aromatic carbocycles. The molecule has 0 radical (unpaired) electrons. The Morgan fingerprint density at radius 1 is 0.969 bits per heavy atom. The fourth-order valence-electron chi connectivity index (χ4n) is 3.48. The van der Waals surface area contributed by atoms with Crippen molar-refractivity contribution in [3.63, 3.8) is 0 Å². The number of fused-ring (bicyclic) bond motifs is 1. The van der Waals surface area contributed by atoms with Crippen LogP contribution >= 0.6 is 0 Å². The average Bonchev–Trinajstić information content (AvgIpc) is 3.32. The average molecular weight is 434 g/mol. The number of morpholine rings is 1. The molecule has 9 nitrogen and oxygen atoms in total. The van der Waals surface area contributed by atoms with Crippen LogP contribution in [-0.4, -0.2) is 55.8 Å². The second kappa shape index (κ2) is 9.11. The van der Waals surface area contributed by atoms with Crippen LogP contribution in [0.1, 0.15) is 0 Å². The first kappa shape index (κ1) is 20.1. The molecule has 3 heterocycles. The minimum Gasteiger partial charge on any atom is -0.484 e. The number of nitrogens with zero attached hydrogens (tertiary/aromatic N) is 3.